The molecule has 0 radical (unpaired) electrons. The first kappa shape index (κ1) is 7.93. The molecule has 0 aliphatic carbocycles. The number of halogens is 1. The Bertz CT molecular complexity index is 149. The molecule has 0 saturated heterocycles. The lowest BCUT2D eigenvalue weighted by molar-refractivity contribution is 0.675. The summed E-state index contributed by atoms with van der Waals surface area (Å²) in [4.78, 5) is 0. The molecule has 0 spiro atoms. The number of hydrogen-bond donors (Lipinski definition) is 0. The molecule has 0 aromatic rings. The average Bonchev–Trinajstić information content (AvgIpc) is 1.67. The van der Waals surface area contributed by atoms with Crippen LogP contribution in [0.25, 0.3) is 0 Å². The lowest BCUT2D eigenvalue weighted by atomic mass is 10.2. The number of rotatable bonds is 1. The van der Waals surface area contributed by atoms with Crippen LogP contribution in [0.2, 0.25) is 0 Å². The topological polar surface area (TPSA) is 40.9 Å². The summed E-state index contributed by atoms with van der Waals surface area (Å²) < 4.78 is 9.44. The molecule has 0 aromatic heterocycles. The first-order valence-electron chi connectivity index (χ1n) is 2.00. The fraction of sp³-hybridized carbons (Fsp3) is 0.750. The van der Waals surface area contributed by atoms with Gasteiger partial charge in [0.15, 0.2) is 0 Å². The summed E-state index contributed by atoms with van der Waals surface area (Å²) >= 11 is 0. The highest BCUT2D eigenvalue weighted by atomic mass is 35.7. The second-order valence-electron chi connectivity index (χ2n) is 1.85. The Morgan fingerprint density at radius 1 is 1.75 bits per heavy atom. The Hall–Kier alpha value is -0.0700. The van der Waals surface area contributed by atoms with Crippen molar-refractivity contribution in [1.29, 1.82) is 5.26 Å². The molecular weight excluding hydrogens is 146 g/mol. The van der Waals surface area contributed by atoms with E-state index in [2.05, 4.69) is 0 Å². The van der Waals surface area contributed by atoms with E-state index >= 15 is 0 Å². The third-order valence-corrected chi connectivity index (χ3v) is 2.72. The molecular formula is C4H6ClNOS. The maximum atomic E-state index is 10.4. The first-order valence-corrected chi connectivity index (χ1v) is 3.97. The Morgan fingerprint density at radius 3 is 2.12 bits per heavy atom. The van der Waals surface area contributed by atoms with Gasteiger partial charge >= 0.3 is 0 Å². The maximum absolute atomic E-state index is 10.4. The zero-order chi connectivity index (χ0) is 6.78. The fourth-order valence-corrected chi connectivity index (χ4v) is 0.211. The van der Waals surface area contributed by atoms with Crippen molar-refractivity contribution in [3.8, 4) is 6.07 Å². The van der Waals surface area contributed by atoms with E-state index in [0.29, 0.717) is 0 Å². The SMILES string of the molecule is CC(C)(C#N)S(=O)Cl. The Balaban J connectivity index is 4.19. The summed E-state index contributed by atoms with van der Waals surface area (Å²) in [5.41, 5.74) is 0. The number of nitriles is 1. The highest BCUT2D eigenvalue weighted by Gasteiger charge is 2.23. The van der Waals surface area contributed by atoms with Gasteiger partial charge in [0.1, 0.15) is 14.8 Å². The largest absolute Gasteiger partial charge is 0.241 e. The van der Waals surface area contributed by atoms with Gasteiger partial charge in [-0.25, -0.2) is 4.21 Å². The minimum absolute atomic E-state index is 0.915. The van der Waals surface area contributed by atoms with E-state index < -0.39 is 14.8 Å². The van der Waals surface area contributed by atoms with E-state index in [1.54, 1.807) is 0 Å². The van der Waals surface area contributed by atoms with Crippen LogP contribution in [0.15, 0.2) is 0 Å². The Labute approximate surface area is 55.4 Å². The summed E-state index contributed by atoms with van der Waals surface area (Å²) in [6.07, 6.45) is 0. The molecule has 1 unspecified atom stereocenters. The molecule has 8 heavy (non-hydrogen) atoms. The molecule has 46 valence electrons. The second kappa shape index (κ2) is 2.47. The van der Waals surface area contributed by atoms with Crippen LogP contribution in [-0.2, 0) is 10.0 Å². The molecule has 0 aromatic carbocycles. The van der Waals surface area contributed by atoms with Gasteiger partial charge in [-0.2, -0.15) is 5.26 Å². The van der Waals surface area contributed by atoms with E-state index in [0.717, 1.165) is 0 Å². The van der Waals surface area contributed by atoms with Gasteiger partial charge in [-0.3, -0.25) is 0 Å². The summed E-state index contributed by atoms with van der Waals surface area (Å²) in [5, 5.41) is 8.24. The smallest absolute Gasteiger partial charge is 0.141 e. The lowest BCUT2D eigenvalue weighted by Crippen LogP contribution is -2.19. The molecule has 0 bridgehead atoms. The molecule has 0 saturated carbocycles. The molecule has 0 rings (SSSR count). The van der Waals surface area contributed by atoms with Crippen LogP contribution < -0.4 is 0 Å². The Morgan fingerprint density at radius 2 is 2.12 bits per heavy atom. The first-order chi connectivity index (χ1) is 3.50. The van der Waals surface area contributed by atoms with Crippen LogP contribution in [0, 0.1) is 11.3 Å². The van der Waals surface area contributed by atoms with Crippen LogP contribution in [0.1, 0.15) is 13.8 Å². The van der Waals surface area contributed by atoms with Gasteiger partial charge in [0, 0.05) is 0 Å². The predicted octanol–water partition coefficient (Wildman–Crippen LogP) is 1.19. The Kier molecular flexibility index (Phi) is 2.45. The molecule has 0 fully saturated rings. The van der Waals surface area contributed by atoms with Gasteiger partial charge in [-0.05, 0) is 24.5 Å². The predicted molar refractivity (Wildman–Crippen MR) is 33.7 cm³/mol. The standard InChI is InChI=1S/C4H6ClNOS/c1-4(2,3-6)8(5)7/h1-2H3. The summed E-state index contributed by atoms with van der Waals surface area (Å²) in [6.45, 7) is 3.05. The normalized spacial score (nSPS) is 14.8. The van der Waals surface area contributed by atoms with Crippen molar-refractivity contribution in [3.63, 3.8) is 0 Å². The van der Waals surface area contributed by atoms with Gasteiger partial charge in [-0.1, -0.05) is 0 Å². The molecule has 0 aliphatic rings. The van der Waals surface area contributed by atoms with Gasteiger partial charge in [0.2, 0.25) is 0 Å². The second-order valence-corrected chi connectivity index (χ2v) is 4.15. The molecule has 1 atom stereocenters. The van der Waals surface area contributed by atoms with E-state index in [4.69, 9.17) is 15.9 Å². The van der Waals surface area contributed by atoms with Crippen LogP contribution >= 0.6 is 10.7 Å². The fourth-order valence-electron chi connectivity index (χ4n) is 0.0359. The summed E-state index contributed by atoms with van der Waals surface area (Å²) in [5.74, 6) is 0. The third-order valence-electron chi connectivity index (χ3n) is 0.670. The van der Waals surface area contributed by atoms with Crippen molar-refractivity contribution in [3.05, 3.63) is 0 Å². The van der Waals surface area contributed by atoms with Crippen LogP contribution in [0.5, 0.6) is 0 Å². The molecule has 0 amide bonds. The van der Waals surface area contributed by atoms with Gasteiger partial charge < -0.3 is 0 Å². The summed E-state index contributed by atoms with van der Waals surface area (Å²) in [6, 6.07) is 1.81. The minimum atomic E-state index is -1.56. The highest BCUT2D eigenvalue weighted by molar-refractivity contribution is 8.09. The number of nitrogens with zero attached hydrogens (tertiary/aromatic N) is 1. The quantitative estimate of drug-likeness (QED) is 0.529. The third kappa shape index (κ3) is 1.81. The molecule has 0 heterocycles. The van der Waals surface area contributed by atoms with Crippen molar-refractivity contribution >= 4 is 20.7 Å². The van der Waals surface area contributed by atoms with Crippen molar-refractivity contribution in [2.24, 2.45) is 0 Å². The van der Waals surface area contributed by atoms with E-state index in [1.165, 1.54) is 13.8 Å². The van der Waals surface area contributed by atoms with Crippen molar-refractivity contribution in [2.45, 2.75) is 18.6 Å². The van der Waals surface area contributed by atoms with Gasteiger partial charge in [0.05, 0.1) is 6.07 Å². The van der Waals surface area contributed by atoms with Crippen LogP contribution in [0.3, 0.4) is 0 Å². The molecule has 0 aliphatic heterocycles. The lowest BCUT2D eigenvalue weighted by Gasteiger charge is -2.06. The van der Waals surface area contributed by atoms with Gasteiger partial charge in [0.25, 0.3) is 0 Å². The molecule has 0 N–H and O–H groups in total. The highest BCUT2D eigenvalue weighted by Crippen LogP contribution is 2.13. The zero-order valence-corrected chi connectivity index (χ0v) is 6.21. The van der Waals surface area contributed by atoms with Crippen molar-refractivity contribution in [1.82, 2.24) is 0 Å². The van der Waals surface area contributed by atoms with Crippen molar-refractivity contribution in [2.75, 3.05) is 0 Å². The van der Waals surface area contributed by atoms with E-state index in [-0.39, 0.29) is 0 Å². The van der Waals surface area contributed by atoms with Crippen LogP contribution in [-0.4, -0.2) is 8.96 Å². The number of hydrogen-bond acceptors (Lipinski definition) is 2. The maximum Gasteiger partial charge on any atom is 0.141 e. The van der Waals surface area contributed by atoms with Gasteiger partial charge in [-0.15, -0.1) is 0 Å². The van der Waals surface area contributed by atoms with Crippen LogP contribution in [0.4, 0.5) is 0 Å². The average molecular weight is 152 g/mol. The molecule has 2 nitrogen and oxygen atoms in total. The molecule has 4 heteroatoms. The zero-order valence-electron chi connectivity index (χ0n) is 4.64. The van der Waals surface area contributed by atoms with E-state index in [1.807, 2.05) is 6.07 Å². The monoisotopic (exact) mass is 151 g/mol. The summed E-state index contributed by atoms with van der Waals surface area (Å²) in [7, 11) is 3.55. The minimum Gasteiger partial charge on any atom is -0.241 e. The van der Waals surface area contributed by atoms with E-state index in [9.17, 15) is 4.21 Å². The van der Waals surface area contributed by atoms with Crippen molar-refractivity contribution < 1.29 is 4.21 Å².